The minimum Gasteiger partial charge on any atom is -0.381 e. The van der Waals surface area contributed by atoms with E-state index in [1.165, 1.54) is 0 Å². The van der Waals surface area contributed by atoms with Crippen LogP contribution in [0.25, 0.3) is 0 Å². The van der Waals surface area contributed by atoms with Crippen LogP contribution in [-0.4, -0.2) is 34.0 Å². The average Bonchev–Trinajstić information content (AvgIpc) is 2.85. The van der Waals surface area contributed by atoms with Gasteiger partial charge in [-0.25, -0.2) is 4.98 Å². The van der Waals surface area contributed by atoms with Crippen molar-refractivity contribution in [1.29, 1.82) is 0 Å². The zero-order chi connectivity index (χ0) is 10.7. The number of hydrogen-bond acceptors (Lipinski definition) is 4. The van der Waals surface area contributed by atoms with Gasteiger partial charge in [0.2, 0.25) is 0 Å². The minimum atomic E-state index is 0.476. The van der Waals surface area contributed by atoms with Crippen LogP contribution in [0.5, 0.6) is 0 Å². The lowest BCUT2D eigenvalue weighted by Gasteiger charge is -2.18. The molecule has 1 aromatic rings. The molecule has 0 aliphatic carbocycles. The Labute approximate surface area is 89.8 Å². The Morgan fingerprint density at radius 3 is 3.20 bits per heavy atom. The summed E-state index contributed by atoms with van der Waals surface area (Å²) in [4.78, 5) is 4.17. The highest BCUT2D eigenvalue weighted by molar-refractivity contribution is 4.85. The molecule has 0 saturated carbocycles. The van der Waals surface area contributed by atoms with Gasteiger partial charge in [0.05, 0.1) is 13.2 Å². The second-order valence-electron chi connectivity index (χ2n) is 4.09. The Bertz CT molecular complexity index is 306. The molecule has 2 rings (SSSR count). The third-order valence-electron chi connectivity index (χ3n) is 3.06. The molecule has 1 N–H and O–H groups in total. The Balaban J connectivity index is 1.80. The van der Waals surface area contributed by atoms with Crippen LogP contribution in [0.4, 0.5) is 0 Å². The fourth-order valence-corrected chi connectivity index (χ4v) is 1.85. The van der Waals surface area contributed by atoms with E-state index in [0.717, 1.165) is 32.0 Å². The Hall–Kier alpha value is -0.940. The van der Waals surface area contributed by atoms with Crippen LogP contribution in [0.2, 0.25) is 0 Å². The first kappa shape index (κ1) is 10.6. The van der Waals surface area contributed by atoms with Crippen molar-refractivity contribution < 1.29 is 4.74 Å². The molecule has 2 atom stereocenters. The van der Waals surface area contributed by atoms with E-state index in [2.05, 4.69) is 22.3 Å². The smallest absolute Gasteiger partial charge is 0.140 e. The molecule has 5 heteroatoms. The van der Waals surface area contributed by atoms with Crippen LogP contribution >= 0.6 is 0 Å². The Morgan fingerprint density at radius 1 is 1.73 bits per heavy atom. The first-order valence-corrected chi connectivity index (χ1v) is 5.41. The van der Waals surface area contributed by atoms with Gasteiger partial charge < -0.3 is 10.1 Å². The summed E-state index contributed by atoms with van der Waals surface area (Å²) in [6, 6.07) is 0.476. The lowest BCUT2D eigenvalue weighted by atomic mass is 10.0. The molecule has 5 nitrogen and oxygen atoms in total. The third kappa shape index (κ3) is 2.54. The molecule has 0 amide bonds. The molecule has 2 heterocycles. The van der Waals surface area contributed by atoms with Gasteiger partial charge in [-0.1, -0.05) is 0 Å². The summed E-state index contributed by atoms with van der Waals surface area (Å²) in [6.45, 7) is 4.76. The van der Waals surface area contributed by atoms with E-state index in [4.69, 9.17) is 4.74 Å². The van der Waals surface area contributed by atoms with E-state index in [9.17, 15) is 0 Å². The van der Waals surface area contributed by atoms with Crippen LogP contribution in [0.15, 0.2) is 6.33 Å². The number of aromatic nitrogens is 3. The summed E-state index contributed by atoms with van der Waals surface area (Å²) in [5.41, 5.74) is 0. The van der Waals surface area contributed by atoms with E-state index < -0.39 is 0 Å². The average molecular weight is 210 g/mol. The van der Waals surface area contributed by atoms with Crippen LogP contribution in [0.1, 0.15) is 19.2 Å². The summed E-state index contributed by atoms with van der Waals surface area (Å²) in [5, 5.41) is 7.50. The van der Waals surface area contributed by atoms with Crippen LogP contribution < -0.4 is 5.32 Å². The van der Waals surface area contributed by atoms with Gasteiger partial charge in [0, 0.05) is 19.7 Å². The number of ether oxygens (including phenoxy) is 1. The van der Waals surface area contributed by atoms with E-state index in [1.54, 1.807) is 11.0 Å². The van der Waals surface area contributed by atoms with Gasteiger partial charge in [-0.3, -0.25) is 4.68 Å². The number of nitrogens with zero attached hydrogens (tertiary/aromatic N) is 3. The lowest BCUT2D eigenvalue weighted by molar-refractivity contribution is 0.178. The van der Waals surface area contributed by atoms with Gasteiger partial charge in [0.1, 0.15) is 12.2 Å². The molecule has 84 valence electrons. The SMILES string of the molecule is CC(NCc1ncnn1C)C1CCOC1. The second kappa shape index (κ2) is 4.72. The molecule has 1 aromatic heterocycles. The van der Waals surface area contributed by atoms with Crippen LogP contribution in [0.3, 0.4) is 0 Å². The maximum atomic E-state index is 5.37. The van der Waals surface area contributed by atoms with Crippen molar-refractivity contribution in [2.45, 2.75) is 25.9 Å². The van der Waals surface area contributed by atoms with E-state index >= 15 is 0 Å². The predicted octanol–water partition coefficient (Wildman–Crippen LogP) is 0.330. The van der Waals surface area contributed by atoms with E-state index in [1.807, 2.05) is 7.05 Å². The highest BCUT2D eigenvalue weighted by Crippen LogP contribution is 2.16. The predicted molar refractivity (Wildman–Crippen MR) is 56.2 cm³/mol. The van der Waals surface area contributed by atoms with Gasteiger partial charge in [-0.05, 0) is 19.3 Å². The van der Waals surface area contributed by atoms with Gasteiger partial charge in [-0.15, -0.1) is 0 Å². The molecule has 1 aliphatic heterocycles. The van der Waals surface area contributed by atoms with Crippen molar-refractivity contribution in [3.8, 4) is 0 Å². The molecular weight excluding hydrogens is 192 g/mol. The third-order valence-corrected chi connectivity index (χ3v) is 3.06. The summed E-state index contributed by atoms with van der Waals surface area (Å²) >= 11 is 0. The molecule has 0 radical (unpaired) electrons. The molecule has 0 bridgehead atoms. The Kier molecular flexibility index (Phi) is 3.33. The summed E-state index contributed by atoms with van der Waals surface area (Å²) in [5.74, 6) is 1.61. The molecule has 1 aliphatic rings. The minimum absolute atomic E-state index is 0.476. The fraction of sp³-hybridized carbons (Fsp3) is 0.800. The summed E-state index contributed by atoms with van der Waals surface area (Å²) in [7, 11) is 1.91. The van der Waals surface area contributed by atoms with Gasteiger partial charge in [0.25, 0.3) is 0 Å². The zero-order valence-corrected chi connectivity index (χ0v) is 9.31. The Morgan fingerprint density at radius 2 is 2.60 bits per heavy atom. The summed E-state index contributed by atoms with van der Waals surface area (Å²) < 4.78 is 7.16. The van der Waals surface area contributed by atoms with Crippen molar-refractivity contribution in [2.24, 2.45) is 13.0 Å². The molecule has 2 unspecified atom stereocenters. The zero-order valence-electron chi connectivity index (χ0n) is 9.31. The number of hydrogen-bond donors (Lipinski definition) is 1. The lowest BCUT2D eigenvalue weighted by Crippen LogP contribution is -2.34. The highest BCUT2D eigenvalue weighted by Gasteiger charge is 2.21. The molecule has 0 aromatic carbocycles. The van der Waals surface area contributed by atoms with E-state index in [0.29, 0.717) is 12.0 Å². The number of aryl methyl sites for hydroxylation is 1. The van der Waals surface area contributed by atoms with Crippen molar-refractivity contribution >= 4 is 0 Å². The van der Waals surface area contributed by atoms with Crippen molar-refractivity contribution in [3.63, 3.8) is 0 Å². The first-order chi connectivity index (χ1) is 7.27. The molecule has 0 spiro atoms. The fourth-order valence-electron chi connectivity index (χ4n) is 1.85. The highest BCUT2D eigenvalue weighted by atomic mass is 16.5. The monoisotopic (exact) mass is 210 g/mol. The standard InChI is InChI=1S/C10H18N4O/c1-8(9-3-4-15-6-9)11-5-10-12-7-13-14(10)2/h7-9,11H,3-6H2,1-2H3. The molecule has 1 fully saturated rings. The van der Waals surface area contributed by atoms with Gasteiger partial charge in [0.15, 0.2) is 0 Å². The van der Waals surface area contributed by atoms with Crippen molar-refractivity contribution in [2.75, 3.05) is 13.2 Å². The van der Waals surface area contributed by atoms with Gasteiger partial charge in [-0.2, -0.15) is 5.10 Å². The number of rotatable bonds is 4. The molecular formula is C10H18N4O. The molecule has 1 saturated heterocycles. The first-order valence-electron chi connectivity index (χ1n) is 5.41. The van der Waals surface area contributed by atoms with E-state index in [-0.39, 0.29) is 0 Å². The van der Waals surface area contributed by atoms with Crippen molar-refractivity contribution in [1.82, 2.24) is 20.1 Å². The molecule has 15 heavy (non-hydrogen) atoms. The van der Waals surface area contributed by atoms with Crippen LogP contribution in [-0.2, 0) is 18.3 Å². The number of nitrogens with one attached hydrogen (secondary N) is 1. The largest absolute Gasteiger partial charge is 0.381 e. The maximum Gasteiger partial charge on any atom is 0.140 e. The summed E-state index contributed by atoms with van der Waals surface area (Å²) in [6.07, 6.45) is 2.74. The second-order valence-corrected chi connectivity index (χ2v) is 4.09. The topological polar surface area (TPSA) is 52.0 Å². The quantitative estimate of drug-likeness (QED) is 0.778. The normalized spacial score (nSPS) is 23.2. The van der Waals surface area contributed by atoms with Crippen molar-refractivity contribution in [3.05, 3.63) is 12.2 Å². The maximum absolute atomic E-state index is 5.37. The van der Waals surface area contributed by atoms with Crippen LogP contribution in [0, 0.1) is 5.92 Å². The van der Waals surface area contributed by atoms with Gasteiger partial charge >= 0.3 is 0 Å².